The first-order valence-electron chi connectivity index (χ1n) is 5.30. The molecule has 6 heteroatoms. The van der Waals surface area contributed by atoms with E-state index in [1.54, 1.807) is 24.3 Å². The van der Waals surface area contributed by atoms with Gasteiger partial charge in [-0.05, 0) is 12.1 Å². The molecule has 94 valence electrons. The Bertz CT molecular complexity index is 493. The Morgan fingerprint density at radius 3 is 2.67 bits per heavy atom. The number of nitrogens with zero attached hydrogens (tertiary/aromatic N) is 1. The Hall–Kier alpha value is -2.37. The summed E-state index contributed by atoms with van der Waals surface area (Å²) in [6, 6.07) is 6.96. The zero-order valence-corrected chi connectivity index (χ0v) is 9.75. The van der Waals surface area contributed by atoms with Crippen LogP contribution in [0.5, 0.6) is 5.75 Å². The molecule has 0 atom stereocenters. The number of carbonyl (C=O) groups is 3. The molecule has 0 saturated carbocycles. The van der Waals surface area contributed by atoms with Crippen molar-refractivity contribution in [1.82, 2.24) is 5.43 Å². The first-order valence-corrected chi connectivity index (χ1v) is 5.30. The third-order valence-electron chi connectivity index (χ3n) is 2.86. The van der Waals surface area contributed by atoms with Gasteiger partial charge in [0, 0.05) is 6.07 Å². The monoisotopic (exact) mass is 248 g/mol. The van der Waals surface area contributed by atoms with Crippen molar-refractivity contribution in [2.45, 2.75) is 0 Å². The number of aldehydes is 2. The molecule has 0 aliphatic carbocycles. The summed E-state index contributed by atoms with van der Waals surface area (Å²) in [6.07, 6.45) is 0.741. The number of nitrogens with one attached hydrogen (secondary N) is 1. The van der Waals surface area contributed by atoms with E-state index < -0.39 is 11.3 Å². The number of methoxy groups -OCH3 is 1. The molecular weight excluding hydrogens is 236 g/mol. The van der Waals surface area contributed by atoms with Crippen molar-refractivity contribution in [2.75, 3.05) is 18.7 Å². The summed E-state index contributed by atoms with van der Waals surface area (Å²) in [5.74, 6) is 0.00627. The van der Waals surface area contributed by atoms with Crippen LogP contribution in [-0.4, -0.2) is 32.1 Å². The van der Waals surface area contributed by atoms with Crippen LogP contribution in [0.1, 0.15) is 0 Å². The Balaban J connectivity index is 2.29. The minimum absolute atomic E-state index is 0.0218. The average molecular weight is 248 g/mol. The largest absolute Gasteiger partial charge is 0.497 e. The van der Waals surface area contributed by atoms with Crippen LogP contribution in [0.25, 0.3) is 0 Å². The fraction of sp³-hybridized carbons (Fsp3) is 0.250. The highest BCUT2D eigenvalue weighted by Crippen LogP contribution is 2.27. The van der Waals surface area contributed by atoms with E-state index >= 15 is 0 Å². The third kappa shape index (κ3) is 1.81. The summed E-state index contributed by atoms with van der Waals surface area (Å²) in [7, 11) is 1.53. The number of ether oxygens (including phenoxy) is 1. The maximum absolute atomic E-state index is 11.7. The summed E-state index contributed by atoms with van der Waals surface area (Å²) in [4.78, 5) is 33.5. The summed E-state index contributed by atoms with van der Waals surface area (Å²) in [5.41, 5.74) is 1.52. The van der Waals surface area contributed by atoms with Gasteiger partial charge in [0.25, 0.3) is 5.91 Å². The fourth-order valence-electron chi connectivity index (χ4n) is 1.74. The number of hydrogen-bond donors (Lipinski definition) is 1. The van der Waals surface area contributed by atoms with E-state index in [4.69, 9.17) is 4.74 Å². The molecule has 1 aromatic rings. The lowest BCUT2D eigenvalue weighted by atomic mass is 9.92. The van der Waals surface area contributed by atoms with Crippen molar-refractivity contribution in [3.63, 3.8) is 0 Å². The molecule has 18 heavy (non-hydrogen) atoms. The maximum Gasteiger partial charge on any atom is 0.261 e. The number of carbonyl (C=O) groups excluding carboxylic acids is 3. The molecule has 0 radical (unpaired) electrons. The second-order valence-electron chi connectivity index (χ2n) is 4.00. The SMILES string of the molecule is COc1cccc(N2CC(C=O)(C=O)C(=O)N2)c1. The number of anilines is 1. The summed E-state index contributed by atoms with van der Waals surface area (Å²) in [5, 5.41) is 1.45. The highest BCUT2D eigenvalue weighted by molar-refractivity contribution is 6.13. The smallest absolute Gasteiger partial charge is 0.261 e. The van der Waals surface area contributed by atoms with E-state index in [2.05, 4.69) is 5.43 Å². The lowest BCUT2D eigenvalue weighted by Gasteiger charge is -2.18. The average Bonchev–Trinajstić information content (AvgIpc) is 2.76. The van der Waals surface area contributed by atoms with Gasteiger partial charge in [0.05, 0.1) is 19.3 Å². The van der Waals surface area contributed by atoms with Crippen LogP contribution in [0.15, 0.2) is 24.3 Å². The van der Waals surface area contributed by atoms with Gasteiger partial charge in [-0.1, -0.05) is 6.07 Å². The van der Waals surface area contributed by atoms with E-state index in [9.17, 15) is 14.4 Å². The fourth-order valence-corrected chi connectivity index (χ4v) is 1.74. The molecule has 1 saturated heterocycles. The number of hydrogen-bond acceptors (Lipinski definition) is 5. The Labute approximate surface area is 103 Å². The predicted molar refractivity (Wildman–Crippen MR) is 63.0 cm³/mol. The first-order chi connectivity index (χ1) is 8.65. The normalized spacial score (nSPS) is 17.2. The van der Waals surface area contributed by atoms with Gasteiger partial charge in [0.1, 0.15) is 18.3 Å². The topological polar surface area (TPSA) is 75.7 Å². The van der Waals surface area contributed by atoms with Crippen LogP contribution < -0.4 is 15.2 Å². The molecular formula is C12H12N2O4. The van der Waals surface area contributed by atoms with Gasteiger partial charge < -0.3 is 14.3 Å². The van der Waals surface area contributed by atoms with E-state index in [-0.39, 0.29) is 6.54 Å². The molecule has 1 fully saturated rings. The molecule has 2 rings (SSSR count). The van der Waals surface area contributed by atoms with Gasteiger partial charge in [0.2, 0.25) is 0 Å². The van der Waals surface area contributed by atoms with Crippen molar-refractivity contribution in [2.24, 2.45) is 5.41 Å². The molecule has 0 unspecified atom stereocenters. The highest BCUT2D eigenvalue weighted by Gasteiger charge is 2.46. The van der Waals surface area contributed by atoms with Crippen LogP contribution in [0.3, 0.4) is 0 Å². The minimum Gasteiger partial charge on any atom is -0.497 e. The number of rotatable bonds is 4. The summed E-state index contributed by atoms with van der Waals surface area (Å²) < 4.78 is 5.07. The van der Waals surface area contributed by atoms with Gasteiger partial charge in [-0.15, -0.1) is 0 Å². The minimum atomic E-state index is -1.62. The maximum atomic E-state index is 11.7. The van der Waals surface area contributed by atoms with Crippen molar-refractivity contribution in [3.8, 4) is 5.75 Å². The lowest BCUT2D eigenvalue weighted by molar-refractivity contribution is -0.137. The zero-order valence-electron chi connectivity index (χ0n) is 9.75. The molecule has 1 aliphatic rings. The predicted octanol–water partition coefficient (Wildman–Crippen LogP) is -0.0694. The van der Waals surface area contributed by atoms with Crippen molar-refractivity contribution in [1.29, 1.82) is 0 Å². The van der Waals surface area contributed by atoms with E-state index in [1.165, 1.54) is 12.1 Å². The van der Waals surface area contributed by atoms with Crippen LogP contribution in [-0.2, 0) is 14.4 Å². The van der Waals surface area contributed by atoms with Gasteiger partial charge >= 0.3 is 0 Å². The first kappa shape index (κ1) is 12.1. The van der Waals surface area contributed by atoms with Crippen LogP contribution in [0, 0.1) is 5.41 Å². The van der Waals surface area contributed by atoms with Crippen LogP contribution >= 0.6 is 0 Å². The molecule has 0 aromatic heterocycles. The standard InChI is InChI=1S/C12H12N2O4/c1-18-10-4-2-3-9(5-10)14-6-12(7-15,8-16)11(17)13-14/h2-5,7-8H,6H2,1H3,(H,13,17). The van der Waals surface area contributed by atoms with Crippen molar-refractivity contribution >= 4 is 24.2 Å². The Kier molecular flexibility index (Phi) is 3.01. The number of amides is 1. The molecule has 1 amide bonds. The number of hydrazine groups is 1. The van der Waals surface area contributed by atoms with Gasteiger partial charge in [-0.3, -0.25) is 15.2 Å². The van der Waals surface area contributed by atoms with Gasteiger partial charge in [-0.25, -0.2) is 0 Å². The van der Waals surface area contributed by atoms with Gasteiger partial charge in [0.15, 0.2) is 5.41 Å². The molecule has 0 spiro atoms. The van der Waals surface area contributed by atoms with E-state index in [0.29, 0.717) is 24.0 Å². The number of benzene rings is 1. The lowest BCUT2D eigenvalue weighted by Crippen LogP contribution is -2.35. The van der Waals surface area contributed by atoms with Crippen LogP contribution in [0.2, 0.25) is 0 Å². The molecule has 1 N–H and O–H groups in total. The van der Waals surface area contributed by atoms with E-state index in [0.717, 1.165) is 0 Å². The van der Waals surface area contributed by atoms with E-state index in [1.807, 2.05) is 0 Å². The Morgan fingerprint density at radius 2 is 2.11 bits per heavy atom. The third-order valence-corrected chi connectivity index (χ3v) is 2.86. The molecule has 1 aromatic carbocycles. The quantitative estimate of drug-likeness (QED) is 0.596. The molecule has 6 nitrogen and oxygen atoms in total. The second-order valence-corrected chi connectivity index (χ2v) is 4.00. The van der Waals surface area contributed by atoms with Gasteiger partial charge in [-0.2, -0.15) is 0 Å². The summed E-state index contributed by atoms with van der Waals surface area (Å²) >= 11 is 0. The second kappa shape index (κ2) is 4.48. The highest BCUT2D eigenvalue weighted by atomic mass is 16.5. The Morgan fingerprint density at radius 1 is 1.39 bits per heavy atom. The van der Waals surface area contributed by atoms with Crippen LogP contribution in [0.4, 0.5) is 5.69 Å². The van der Waals surface area contributed by atoms with Crippen molar-refractivity contribution < 1.29 is 19.1 Å². The van der Waals surface area contributed by atoms with Crippen molar-refractivity contribution in [3.05, 3.63) is 24.3 Å². The summed E-state index contributed by atoms with van der Waals surface area (Å²) in [6.45, 7) is -0.0218. The molecule has 1 aliphatic heterocycles. The zero-order chi connectivity index (χ0) is 13.2. The molecule has 1 heterocycles. The molecule has 0 bridgehead atoms.